The maximum atomic E-state index is 13.3. The Morgan fingerprint density at radius 1 is 0.759 bits per heavy atom. The van der Waals surface area contributed by atoms with Crippen LogP contribution in [-0.2, 0) is 17.6 Å². The third-order valence-electron chi connectivity index (χ3n) is 4.75. The quantitative estimate of drug-likeness (QED) is 0.374. The molecule has 3 rings (SSSR count). The number of benzene rings is 3. The minimum absolute atomic E-state index is 0.336. The second-order valence-corrected chi connectivity index (χ2v) is 8.55. The van der Waals surface area contributed by atoms with Gasteiger partial charge in [-0.05, 0) is 60.4 Å². The van der Waals surface area contributed by atoms with Gasteiger partial charge in [-0.15, -0.1) is 0 Å². The SMILES string of the molecule is [O-][S+](CCNCCCc1ccccc1)C(c1ccc(F)cc1)c1ccc(F)cc1. The van der Waals surface area contributed by atoms with Gasteiger partial charge >= 0.3 is 0 Å². The Labute approximate surface area is 174 Å². The van der Waals surface area contributed by atoms with Gasteiger partial charge < -0.3 is 9.87 Å². The highest BCUT2D eigenvalue weighted by molar-refractivity contribution is 7.91. The summed E-state index contributed by atoms with van der Waals surface area (Å²) in [7, 11) is 0. The normalized spacial score (nSPS) is 12.3. The molecule has 1 atom stereocenters. The minimum Gasteiger partial charge on any atom is -0.616 e. The molecule has 0 saturated heterocycles. The average molecular weight is 414 g/mol. The highest BCUT2D eigenvalue weighted by Gasteiger charge is 2.26. The molecular weight excluding hydrogens is 388 g/mol. The summed E-state index contributed by atoms with van der Waals surface area (Å²) in [6, 6.07) is 22.4. The van der Waals surface area contributed by atoms with Crippen LogP contribution in [0.3, 0.4) is 0 Å². The van der Waals surface area contributed by atoms with Crippen LogP contribution in [-0.4, -0.2) is 23.4 Å². The first-order valence-electron chi connectivity index (χ1n) is 9.76. The largest absolute Gasteiger partial charge is 0.616 e. The summed E-state index contributed by atoms with van der Waals surface area (Å²) < 4.78 is 39.7. The van der Waals surface area contributed by atoms with Crippen molar-refractivity contribution in [3.8, 4) is 0 Å². The fourth-order valence-corrected chi connectivity index (χ4v) is 4.75. The van der Waals surface area contributed by atoms with Gasteiger partial charge in [0.05, 0.1) is 0 Å². The van der Waals surface area contributed by atoms with E-state index in [2.05, 4.69) is 17.4 Å². The maximum Gasteiger partial charge on any atom is 0.165 e. The zero-order chi connectivity index (χ0) is 20.5. The van der Waals surface area contributed by atoms with Crippen molar-refractivity contribution in [3.63, 3.8) is 0 Å². The van der Waals surface area contributed by atoms with Crippen molar-refractivity contribution in [2.45, 2.75) is 18.1 Å². The Bertz CT molecular complexity index is 811. The number of aryl methyl sites for hydroxylation is 1. The van der Waals surface area contributed by atoms with Crippen LogP contribution in [0.25, 0.3) is 0 Å². The summed E-state index contributed by atoms with van der Waals surface area (Å²) in [6.07, 6.45) is 2.01. The van der Waals surface area contributed by atoms with E-state index in [4.69, 9.17) is 0 Å². The zero-order valence-electron chi connectivity index (χ0n) is 16.2. The fourth-order valence-electron chi connectivity index (χ4n) is 3.25. The predicted molar refractivity (Wildman–Crippen MR) is 115 cm³/mol. The lowest BCUT2D eigenvalue weighted by molar-refractivity contribution is 0.580. The van der Waals surface area contributed by atoms with Gasteiger partial charge in [-0.2, -0.15) is 0 Å². The highest BCUT2D eigenvalue weighted by Crippen LogP contribution is 2.31. The molecule has 0 radical (unpaired) electrons. The van der Waals surface area contributed by atoms with Gasteiger partial charge in [0.2, 0.25) is 0 Å². The number of halogens is 2. The Morgan fingerprint density at radius 2 is 1.31 bits per heavy atom. The summed E-state index contributed by atoms with van der Waals surface area (Å²) in [5.41, 5.74) is 2.84. The monoisotopic (exact) mass is 413 g/mol. The summed E-state index contributed by atoms with van der Waals surface area (Å²) in [6.45, 7) is 1.48. The molecule has 0 aliphatic heterocycles. The summed E-state index contributed by atoms with van der Waals surface area (Å²) >= 11 is -1.22. The number of hydrogen-bond donors (Lipinski definition) is 1. The molecule has 2 nitrogen and oxygen atoms in total. The van der Waals surface area contributed by atoms with Crippen molar-refractivity contribution < 1.29 is 13.3 Å². The summed E-state index contributed by atoms with van der Waals surface area (Å²) in [5, 5.41) is 2.94. The highest BCUT2D eigenvalue weighted by atomic mass is 32.2. The van der Waals surface area contributed by atoms with Crippen LogP contribution in [0.5, 0.6) is 0 Å². The van der Waals surface area contributed by atoms with Crippen LogP contribution in [0.2, 0.25) is 0 Å². The van der Waals surface area contributed by atoms with E-state index in [0.717, 1.165) is 30.5 Å². The second kappa shape index (κ2) is 11.1. The van der Waals surface area contributed by atoms with Gasteiger partial charge in [0.25, 0.3) is 0 Å². The van der Waals surface area contributed by atoms with E-state index in [-0.39, 0.29) is 11.6 Å². The van der Waals surface area contributed by atoms with Gasteiger partial charge in [-0.3, -0.25) is 0 Å². The molecule has 0 bridgehead atoms. The van der Waals surface area contributed by atoms with E-state index in [1.165, 1.54) is 29.8 Å². The molecule has 0 aromatic heterocycles. The van der Waals surface area contributed by atoms with E-state index < -0.39 is 16.4 Å². The smallest absolute Gasteiger partial charge is 0.165 e. The lowest BCUT2D eigenvalue weighted by Crippen LogP contribution is -2.27. The van der Waals surface area contributed by atoms with Crippen molar-refractivity contribution >= 4 is 11.2 Å². The first-order chi connectivity index (χ1) is 14.1. The third kappa shape index (κ3) is 6.67. The third-order valence-corrected chi connectivity index (χ3v) is 6.43. The van der Waals surface area contributed by atoms with Crippen LogP contribution in [0, 0.1) is 11.6 Å². The molecule has 0 amide bonds. The number of nitrogens with one attached hydrogen (secondary N) is 1. The average Bonchev–Trinajstić information content (AvgIpc) is 2.74. The lowest BCUT2D eigenvalue weighted by Gasteiger charge is -2.23. The van der Waals surface area contributed by atoms with Crippen molar-refractivity contribution in [2.75, 3.05) is 18.8 Å². The summed E-state index contributed by atoms with van der Waals surface area (Å²) in [4.78, 5) is 0. The van der Waals surface area contributed by atoms with Gasteiger partial charge in [-0.25, -0.2) is 8.78 Å². The van der Waals surface area contributed by atoms with Gasteiger partial charge in [0, 0.05) is 17.7 Å². The number of rotatable bonds is 10. The second-order valence-electron chi connectivity index (χ2n) is 6.91. The molecule has 152 valence electrons. The van der Waals surface area contributed by atoms with E-state index in [9.17, 15) is 13.3 Å². The maximum absolute atomic E-state index is 13.3. The standard InChI is InChI=1S/C24H25F2NOS/c25-22-12-8-20(9-13-22)24(21-10-14-23(26)15-11-21)29(28)18-17-27-16-4-7-19-5-2-1-3-6-19/h1-3,5-6,8-15,24,27H,4,7,16-18H2. The molecule has 3 aromatic rings. The number of hydrogen-bond acceptors (Lipinski definition) is 2. The molecule has 0 aliphatic carbocycles. The molecule has 1 unspecified atom stereocenters. The Balaban J connectivity index is 1.54. The lowest BCUT2D eigenvalue weighted by atomic mass is 10.0. The van der Waals surface area contributed by atoms with Crippen molar-refractivity contribution in [1.82, 2.24) is 5.32 Å². The Hall–Kier alpha value is -2.21. The van der Waals surface area contributed by atoms with Crippen LogP contribution in [0.1, 0.15) is 28.4 Å². The van der Waals surface area contributed by atoms with Crippen LogP contribution in [0.15, 0.2) is 78.9 Å². The molecule has 0 aliphatic rings. The van der Waals surface area contributed by atoms with Gasteiger partial charge in [-0.1, -0.05) is 54.6 Å². The van der Waals surface area contributed by atoms with Crippen molar-refractivity contribution in [1.29, 1.82) is 0 Å². The van der Waals surface area contributed by atoms with Crippen LogP contribution < -0.4 is 5.32 Å². The van der Waals surface area contributed by atoms with E-state index >= 15 is 0 Å². The molecule has 0 heterocycles. The van der Waals surface area contributed by atoms with E-state index in [1.807, 2.05) is 18.2 Å². The molecule has 0 saturated carbocycles. The van der Waals surface area contributed by atoms with Gasteiger partial charge in [0.15, 0.2) is 5.25 Å². The first-order valence-corrected chi connectivity index (χ1v) is 11.1. The molecule has 1 N–H and O–H groups in total. The minimum atomic E-state index is -1.22. The predicted octanol–water partition coefficient (Wildman–Crippen LogP) is 5.03. The first kappa shape index (κ1) is 21.5. The van der Waals surface area contributed by atoms with Crippen LogP contribution >= 0.6 is 0 Å². The molecular formula is C24H25F2NOS. The zero-order valence-corrected chi connectivity index (χ0v) is 17.0. The Kier molecular flexibility index (Phi) is 8.23. The van der Waals surface area contributed by atoms with Crippen molar-refractivity contribution in [2.24, 2.45) is 0 Å². The van der Waals surface area contributed by atoms with Gasteiger partial charge in [0.1, 0.15) is 17.4 Å². The molecule has 5 heteroatoms. The molecule has 0 spiro atoms. The molecule has 29 heavy (non-hydrogen) atoms. The van der Waals surface area contributed by atoms with Crippen LogP contribution in [0.4, 0.5) is 8.78 Å². The molecule has 0 fully saturated rings. The summed E-state index contributed by atoms with van der Waals surface area (Å²) in [5.74, 6) is -0.208. The Morgan fingerprint density at radius 3 is 1.86 bits per heavy atom. The topological polar surface area (TPSA) is 35.1 Å². The fraction of sp³-hybridized carbons (Fsp3) is 0.250. The molecule has 3 aromatic carbocycles. The van der Waals surface area contributed by atoms with E-state index in [0.29, 0.717) is 12.3 Å². The van der Waals surface area contributed by atoms with E-state index in [1.54, 1.807) is 24.3 Å². The van der Waals surface area contributed by atoms with Crippen molar-refractivity contribution in [3.05, 3.63) is 107 Å².